The van der Waals surface area contributed by atoms with E-state index in [9.17, 15) is 91.3 Å². The number of carbonyl (C=O) groups is 2. The Balaban J connectivity index is 0.843. The maximum atomic E-state index is 14.6. The van der Waals surface area contributed by atoms with E-state index in [0.29, 0.717) is 38.0 Å². The summed E-state index contributed by atoms with van der Waals surface area (Å²) < 4.78 is 89.9. The number of carbonyl (C=O) groups excluding carboxylic acids is 2. The summed E-state index contributed by atoms with van der Waals surface area (Å²) in [7, 11) is 2.35. The van der Waals surface area contributed by atoms with Crippen molar-refractivity contribution >= 4 is 11.8 Å². The Morgan fingerprint density at radius 3 is 1.50 bits per heavy atom. The largest absolute Gasteiger partial charge is 0.458 e. The maximum absolute atomic E-state index is 14.6. The van der Waals surface area contributed by atoms with Gasteiger partial charge in [0, 0.05) is 26.1 Å². The molecular weight excluding hydrogens is 1330 g/mol. The first-order valence-electron chi connectivity index (χ1n) is 35.1. The van der Waals surface area contributed by atoms with Gasteiger partial charge in [-0.2, -0.15) is 0 Å². The molecule has 7 saturated heterocycles. The number of aliphatic hydroxyl groups excluding tert-OH is 16. The van der Waals surface area contributed by atoms with E-state index in [-0.39, 0.29) is 24.0 Å². The summed E-state index contributed by atoms with van der Waals surface area (Å²) in [6.45, 7) is 11.8. The number of hydrogen-bond acceptors (Lipinski definition) is 33. The molecule has 16 N–H and O–H groups in total. The van der Waals surface area contributed by atoms with Gasteiger partial charge in [0.25, 0.3) is 0 Å². The number of Topliss-reactive ketones (excluding diaryl/α,β-unsaturated/α-hetero) is 1. The van der Waals surface area contributed by atoms with Crippen LogP contribution in [-0.4, -0.2) is 337 Å². The lowest BCUT2D eigenvalue weighted by Crippen LogP contribution is -2.67. The third-order valence-corrected chi connectivity index (χ3v) is 24.6. The van der Waals surface area contributed by atoms with Crippen molar-refractivity contribution in [3.63, 3.8) is 0 Å². The van der Waals surface area contributed by atoms with E-state index in [1.54, 1.807) is 0 Å². The average Bonchev–Trinajstić information content (AvgIpc) is 1.47. The van der Waals surface area contributed by atoms with Crippen LogP contribution in [0.2, 0.25) is 0 Å². The molecule has 100 heavy (non-hydrogen) atoms. The van der Waals surface area contributed by atoms with Crippen LogP contribution in [-0.2, 0) is 80.6 Å². The van der Waals surface area contributed by atoms with Gasteiger partial charge in [-0.15, -0.1) is 0 Å². The summed E-state index contributed by atoms with van der Waals surface area (Å²) in [4.78, 5) is 29.2. The molecule has 0 aromatic rings. The zero-order valence-corrected chi connectivity index (χ0v) is 58.1. The fourth-order valence-electron chi connectivity index (χ4n) is 19.2. The highest BCUT2D eigenvalue weighted by molar-refractivity contribution is 5.99. The highest BCUT2D eigenvalue weighted by atomic mass is 16.8. The zero-order valence-electron chi connectivity index (χ0n) is 58.1. The van der Waals surface area contributed by atoms with Gasteiger partial charge in [-0.1, -0.05) is 59.6 Å². The number of allylic oxidation sites excluding steroid dienone is 1. The monoisotopic (exact) mass is 1440 g/mol. The van der Waals surface area contributed by atoms with Crippen molar-refractivity contribution in [3.05, 3.63) is 11.6 Å². The van der Waals surface area contributed by atoms with Gasteiger partial charge in [-0.3, -0.25) is 9.59 Å². The molecule has 33 nitrogen and oxygen atoms in total. The maximum Gasteiger partial charge on any atom is 0.317 e. The summed E-state index contributed by atoms with van der Waals surface area (Å²) >= 11 is 0. The van der Waals surface area contributed by atoms with Gasteiger partial charge in [0.15, 0.2) is 37.7 Å². The van der Waals surface area contributed by atoms with E-state index in [0.717, 1.165) is 18.4 Å². The van der Waals surface area contributed by atoms with E-state index in [1.165, 1.54) is 21.1 Å². The van der Waals surface area contributed by atoms with Crippen molar-refractivity contribution < 1.29 is 162 Å². The molecule has 38 unspecified atom stereocenters. The minimum Gasteiger partial charge on any atom is -0.458 e. The standard InChI is InChI=1S/C67H108O33/c1-25(2)12-11-16-66(8)55-29(72)19-65(7)27-13-14-35-63(4,5)37(15-17-64(35,6)28(27)18-36(73)67(55,65)62(85)100-66)95-61-54(42(78)34(24-88-61)94-57-47(83)52(40(76)32(22-70)90-57)97-58-45(81)50(86-9)38(74)30(20-68)91-58)99-56-44(80)43(79)49(26(3)89-56)96-60-48(84)53(41(77)33(23-71)93-60)98-59-46(82)51(87-10)39(75)31(21-69)92-59/h18,25-27,30-61,68-71,73-84H,11-17,19-24H2,1-10H3. The number of rotatable bonds is 22. The van der Waals surface area contributed by atoms with Crippen LogP contribution in [0.15, 0.2) is 11.6 Å². The van der Waals surface area contributed by atoms with Crippen molar-refractivity contribution in [1.82, 2.24) is 0 Å². The Bertz CT molecular complexity index is 2820. The summed E-state index contributed by atoms with van der Waals surface area (Å²) in [5.74, 6) is -1.54. The Kier molecular flexibility index (Phi) is 23.9. The summed E-state index contributed by atoms with van der Waals surface area (Å²) in [5.41, 5.74) is -4.00. The molecule has 11 rings (SSSR count). The minimum atomic E-state index is -2.10. The van der Waals surface area contributed by atoms with Crippen molar-refractivity contribution in [3.8, 4) is 0 Å². The van der Waals surface area contributed by atoms with Crippen molar-refractivity contribution in [2.75, 3.05) is 47.3 Å². The second-order valence-electron chi connectivity index (χ2n) is 31.2. The molecule has 33 heteroatoms. The molecule has 0 aromatic carbocycles. The van der Waals surface area contributed by atoms with Crippen LogP contribution >= 0.6 is 0 Å². The molecule has 574 valence electrons. The molecule has 0 aromatic heterocycles. The third-order valence-electron chi connectivity index (χ3n) is 24.6. The summed E-state index contributed by atoms with van der Waals surface area (Å²) in [6, 6.07) is 0. The quantitative estimate of drug-likeness (QED) is 0.0275. The van der Waals surface area contributed by atoms with E-state index in [2.05, 4.69) is 20.8 Å². The highest BCUT2D eigenvalue weighted by Gasteiger charge is 2.82. The lowest BCUT2D eigenvalue weighted by atomic mass is 9.40. The lowest BCUT2D eigenvalue weighted by Gasteiger charge is -2.64. The van der Waals surface area contributed by atoms with Gasteiger partial charge in [0.1, 0.15) is 151 Å². The van der Waals surface area contributed by atoms with Crippen LogP contribution in [0.25, 0.3) is 0 Å². The van der Waals surface area contributed by atoms with Gasteiger partial charge in [-0.25, -0.2) is 0 Å². The van der Waals surface area contributed by atoms with Gasteiger partial charge in [-0.05, 0) is 81.0 Å². The molecule has 3 saturated carbocycles. The summed E-state index contributed by atoms with van der Waals surface area (Å²) in [5, 5.41) is 180. The number of cyclic esters (lactones) is 1. The number of esters is 1. The molecule has 0 bridgehead atoms. The zero-order chi connectivity index (χ0) is 72.9. The average molecular weight is 1440 g/mol. The number of hydrogen-bond donors (Lipinski definition) is 16. The van der Waals surface area contributed by atoms with Crippen LogP contribution in [0.3, 0.4) is 0 Å². The first-order valence-corrected chi connectivity index (χ1v) is 35.1. The van der Waals surface area contributed by atoms with Crippen LogP contribution in [0.1, 0.15) is 107 Å². The highest BCUT2D eigenvalue weighted by Crippen LogP contribution is 2.75. The predicted molar refractivity (Wildman–Crippen MR) is 332 cm³/mol. The Morgan fingerprint density at radius 1 is 0.530 bits per heavy atom. The van der Waals surface area contributed by atoms with E-state index in [4.69, 9.17) is 71.1 Å². The molecule has 11 aliphatic rings. The lowest BCUT2D eigenvalue weighted by molar-refractivity contribution is -0.397. The Hall–Kier alpha value is -2.32. The van der Waals surface area contributed by atoms with E-state index < -0.39 is 263 Å². The second kappa shape index (κ2) is 30.4. The van der Waals surface area contributed by atoms with Gasteiger partial charge >= 0.3 is 5.97 Å². The molecule has 0 radical (unpaired) electrons. The fraction of sp³-hybridized carbons (Fsp3) is 0.940. The molecular formula is C67H108O33. The van der Waals surface area contributed by atoms with Crippen LogP contribution in [0.4, 0.5) is 0 Å². The first kappa shape index (κ1) is 78.7. The Labute approximate surface area is 579 Å². The number of ether oxygens (including phenoxy) is 15. The molecule has 4 aliphatic carbocycles. The number of methoxy groups -OCH3 is 2. The first-order chi connectivity index (χ1) is 47.2. The van der Waals surface area contributed by atoms with E-state index >= 15 is 0 Å². The molecule has 7 aliphatic heterocycles. The van der Waals surface area contributed by atoms with Gasteiger partial charge in [0.2, 0.25) is 0 Å². The smallest absolute Gasteiger partial charge is 0.317 e. The van der Waals surface area contributed by atoms with Crippen LogP contribution in [0.5, 0.6) is 0 Å². The molecule has 7 heterocycles. The number of aliphatic hydroxyl groups is 16. The number of ketones is 1. The fourth-order valence-corrected chi connectivity index (χ4v) is 19.2. The predicted octanol–water partition coefficient (Wildman–Crippen LogP) is -4.86. The van der Waals surface area contributed by atoms with E-state index in [1.807, 2.05) is 33.8 Å². The van der Waals surface area contributed by atoms with Crippen molar-refractivity contribution in [2.45, 2.75) is 303 Å². The van der Waals surface area contributed by atoms with Crippen LogP contribution < -0.4 is 0 Å². The minimum absolute atomic E-state index is 0.0917. The number of fused-ring (bicyclic) bond motifs is 4. The second-order valence-corrected chi connectivity index (χ2v) is 31.2. The van der Waals surface area contributed by atoms with Crippen LogP contribution in [0, 0.1) is 45.3 Å². The third kappa shape index (κ3) is 13.3. The molecule has 0 amide bonds. The SMILES string of the molecule is COC1C(O)C(CO)OC(OC2C(O)C(CO)OC(OC3COC(OC4CCC5(C)C6=CC(O)C78C(=O)OC(C)(CCCC(C)C)C7C(=O)CC8(C)C6CCC5C4(C)C)C(OC4OC(C)C(OC5OC(CO)C(O)C(OC6OC(CO)C(O)C(OC)C6O)C5O)C(O)C4O)C3O)C2O)C1O. The normalized spacial score (nSPS) is 52.5. The van der Waals surface area contributed by atoms with Gasteiger partial charge in [0.05, 0.1) is 57.3 Å². The van der Waals surface area contributed by atoms with Crippen molar-refractivity contribution in [1.29, 1.82) is 0 Å². The Morgan fingerprint density at radius 2 is 1.00 bits per heavy atom. The topological polar surface area (TPSA) is 496 Å². The summed E-state index contributed by atoms with van der Waals surface area (Å²) in [6.07, 6.45) is -45.8. The van der Waals surface area contributed by atoms with Crippen molar-refractivity contribution in [2.24, 2.45) is 45.3 Å². The molecule has 38 atom stereocenters. The molecule has 10 fully saturated rings. The molecule has 1 spiro atoms. The van der Waals surface area contributed by atoms with Gasteiger partial charge < -0.3 is 153 Å².